The lowest BCUT2D eigenvalue weighted by Gasteiger charge is -2.49. The van der Waals surface area contributed by atoms with E-state index >= 15 is 0 Å². The van der Waals surface area contributed by atoms with Crippen molar-refractivity contribution in [3.8, 4) is 22.9 Å². The van der Waals surface area contributed by atoms with Crippen LogP contribution in [0.25, 0.3) is 22.9 Å². The first-order chi connectivity index (χ1) is 20.2. The number of carboxylic acids is 1. The molecular formula is C26H20Cl2N6O6S2. The number of nitrogen functional groups attached to an aromatic ring is 1. The SMILES string of the molecule is Nn1c(SCC2=C(C(=O)O)N3C(=O)[C@@H](NC(=O)Cc4ccco4)[C@H]3SC2)nnc1-c1ccc(-c2c(Cl)cccc2Cl)o1. The molecule has 3 aromatic heterocycles. The van der Waals surface area contributed by atoms with Crippen LogP contribution in [-0.2, 0) is 20.8 Å². The smallest absolute Gasteiger partial charge is 0.352 e. The molecule has 0 saturated carbocycles. The van der Waals surface area contributed by atoms with Gasteiger partial charge in [-0.1, -0.05) is 41.0 Å². The number of halogens is 2. The number of benzene rings is 1. The number of furan rings is 2. The van der Waals surface area contributed by atoms with Crippen molar-refractivity contribution in [2.45, 2.75) is 23.0 Å². The zero-order chi connectivity index (χ0) is 29.5. The van der Waals surface area contributed by atoms with Gasteiger partial charge >= 0.3 is 5.97 Å². The van der Waals surface area contributed by atoms with Crippen molar-refractivity contribution in [1.82, 2.24) is 25.1 Å². The molecule has 16 heteroatoms. The molecule has 2 aliphatic rings. The normalized spacial score (nSPS) is 18.1. The summed E-state index contributed by atoms with van der Waals surface area (Å²) in [6.07, 6.45) is 1.44. The molecule has 0 aliphatic carbocycles. The van der Waals surface area contributed by atoms with E-state index in [9.17, 15) is 19.5 Å². The van der Waals surface area contributed by atoms with Crippen LogP contribution in [0.5, 0.6) is 0 Å². The predicted octanol–water partition coefficient (Wildman–Crippen LogP) is 3.89. The number of aliphatic carboxylic acids is 1. The fourth-order valence-corrected chi connectivity index (χ4v) is 7.54. The molecule has 4 N–H and O–H groups in total. The second kappa shape index (κ2) is 11.4. The summed E-state index contributed by atoms with van der Waals surface area (Å²) in [6.45, 7) is 0. The molecule has 5 heterocycles. The van der Waals surface area contributed by atoms with E-state index in [2.05, 4.69) is 15.5 Å². The van der Waals surface area contributed by atoms with Gasteiger partial charge in [0.25, 0.3) is 5.91 Å². The first-order valence-electron chi connectivity index (χ1n) is 12.3. The number of amides is 2. The van der Waals surface area contributed by atoms with Gasteiger partial charge in [-0.3, -0.25) is 14.5 Å². The lowest BCUT2D eigenvalue weighted by Crippen LogP contribution is -2.70. The zero-order valence-electron chi connectivity index (χ0n) is 21.3. The summed E-state index contributed by atoms with van der Waals surface area (Å²) < 4.78 is 12.3. The van der Waals surface area contributed by atoms with Gasteiger partial charge in [0.2, 0.25) is 16.9 Å². The van der Waals surface area contributed by atoms with Crippen molar-refractivity contribution in [2.75, 3.05) is 17.3 Å². The van der Waals surface area contributed by atoms with E-state index in [1.165, 1.54) is 39.4 Å². The van der Waals surface area contributed by atoms with Crippen molar-refractivity contribution in [1.29, 1.82) is 0 Å². The van der Waals surface area contributed by atoms with Crippen molar-refractivity contribution >= 4 is 64.5 Å². The second-order valence-electron chi connectivity index (χ2n) is 9.19. The quantitative estimate of drug-likeness (QED) is 0.137. The van der Waals surface area contributed by atoms with E-state index < -0.39 is 23.3 Å². The Hall–Kier alpha value is -3.85. The molecule has 2 atom stereocenters. The number of thioether (sulfide) groups is 2. The van der Waals surface area contributed by atoms with Crippen LogP contribution in [0.1, 0.15) is 5.76 Å². The Morgan fingerprint density at radius 1 is 1.14 bits per heavy atom. The van der Waals surface area contributed by atoms with E-state index in [-0.39, 0.29) is 29.6 Å². The monoisotopic (exact) mass is 646 g/mol. The molecule has 0 bridgehead atoms. The highest BCUT2D eigenvalue weighted by Crippen LogP contribution is 2.42. The number of carbonyl (C=O) groups excluding carboxylic acids is 2. The Kier molecular flexibility index (Phi) is 7.70. The number of hydrogen-bond donors (Lipinski definition) is 3. The van der Waals surface area contributed by atoms with Gasteiger partial charge in [-0.2, -0.15) is 0 Å². The van der Waals surface area contributed by atoms with Crippen molar-refractivity contribution in [2.24, 2.45) is 0 Å². The maximum Gasteiger partial charge on any atom is 0.352 e. The van der Waals surface area contributed by atoms with Crippen LogP contribution >= 0.6 is 46.7 Å². The molecule has 2 amide bonds. The maximum atomic E-state index is 12.9. The van der Waals surface area contributed by atoms with Crippen LogP contribution in [0, 0.1) is 0 Å². The van der Waals surface area contributed by atoms with Gasteiger partial charge in [0.15, 0.2) is 5.76 Å². The molecule has 216 valence electrons. The Balaban J connectivity index is 1.15. The molecule has 4 aromatic rings. The molecule has 0 spiro atoms. The Bertz CT molecular complexity index is 1720. The largest absolute Gasteiger partial charge is 0.477 e. The summed E-state index contributed by atoms with van der Waals surface area (Å²) in [5.41, 5.74) is 0.940. The van der Waals surface area contributed by atoms with E-state index in [1.807, 2.05) is 0 Å². The number of nitrogens with one attached hydrogen (secondary N) is 1. The summed E-state index contributed by atoms with van der Waals surface area (Å²) in [4.78, 5) is 38.7. The van der Waals surface area contributed by atoms with Crippen LogP contribution in [0.3, 0.4) is 0 Å². The average molecular weight is 648 g/mol. The molecule has 1 fully saturated rings. The third-order valence-corrected chi connectivity index (χ3v) is 9.56. The van der Waals surface area contributed by atoms with Gasteiger partial charge in [0.1, 0.15) is 28.6 Å². The standard InChI is InChI=1S/C26H20Cl2N6O6S2/c27-14-4-1-5-15(28)19(14)16-6-7-17(40-16)22-31-32-26(34(22)29)42-11-12-10-41-24-20(23(36)33(24)21(12)25(37)38)30-18(35)9-13-3-2-8-39-13/h1-8,20,24H,9-11,29H2,(H,30,35)(H,37,38)/t20-,24-/m1/s1. The lowest BCUT2D eigenvalue weighted by atomic mass is 10.0. The van der Waals surface area contributed by atoms with Gasteiger partial charge < -0.3 is 25.1 Å². The van der Waals surface area contributed by atoms with Gasteiger partial charge in [0, 0.05) is 11.5 Å². The maximum absolute atomic E-state index is 12.9. The van der Waals surface area contributed by atoms with Crippen LogP contribution in [-0.4, -0.2) is 65.6 Å². The highest BCUT2D eigenvalue weighted by atomic mass is 35.5. The number of carboxylic acid groups (broad SMARTS) is 1. The zero-order valence-corrected chi connectivity index (χ0v) is 24.5. The summed E-state index contributed by atoms with van der Waals surface area (Å²) in [6, 6.07) is 11.0. The third-order valence-electron chi connectivity index (χ3n) is 6.56. The second-order valence-corrected chi connectivity index (χ2v) is 12.1. The highest BCUT2D eigenvalue weighted by Gasteiger charge is 2.54. The molecule has 1 aromatic carbocycles. The van der Waals surface area contributed by atoms with Gasteiger partial charge in [-0.25, -0.2) is 9.47 Å². The fourth-order valence-electron chi connectivity index (χ4n) is 4.61. The molecule has 12 nitrogen and oxygen atoms in total. The minimum atomic E-state index is -1.24. The summed E-state index contributed by atoms with van der Waals surface area (Å²) in [5.74, 6) is 6.13. The molecule has 0 radical (unpaired) electrons. The topological polar surface area (TPSA) is 170 Å². The third kappa shape index (κ3) is 5.15. The molecule has 6 rings (SSSR count). The summed E-state index contributed by atoms with van der Waals surface area (Å²) >= 11 is 15.1. The number of aromatic nitrogens is 3. The highest BCUT2D eigenvalue weighted by molar-refractivity contribution is 8.01. The van der Waals surface area contributed by atoms with Crippen LogP contribution < -0.4 is 11.2 Å². The Morgan fingerprint density at radius 3 is 2.62 bits per heavy atom. The molecular weight excluding hydrogens is 627 g/mol. The van der Waals surface area contributed by atoms with E-state index in [1.54, 1.807) is 42.5 Å². The number of carbonyl (C=O) groups is 3. The Morgan fingerprint density at radius 2 is 1.90 bits per heavy atom. The van der Waals surface area contributed by atoms with Gasteiger partial charge in [0.05, 0.1) is 28.3 Å². The van der Waals surface area contributed by atoms with Crippen LogP contribution in [0.15, 0.2) is 74.0 Å². The predicted molar refractivity (Wildman–Crippen MR) is 156 cm³/mol. The van der Waals surface area contributed by atoms with Crippen molar-refractivity contribution < 1.29 is 28.3 Å². The van der Waals surface area contributed by atoms with E-state index in [0.29, 0.717) is 49.4 Å². The number of rotatable bonds is 9. The molecule has 42 heavy (non-hydrogen) atoms. The first kappa shape index (κ1) is 28.3. The van der Waals surface area contributed by atoms with Crippen molar-refractivity contribution in [3.05, 3.63) is 75.8 Å². The minimum absolute atomic E-state index is 0.0213. The summed E-state index contributed by atoms with van der Waals surface area (Å²) in [7, 11) is 0. The minimum Gasteiger partial charge on any atom is -0.477 e. The van der Waals surface area contributed by atoms with Crippen molar-refractivity contribution in [3.63, 3.8) is 0 Å². The van der Waals surface area contributed by atoms with E-state index in [4.69, 9.17) is 37.9 Å². The molecule has 1 saturated heterocycles. The number of fused-ring (bicyclic) bond motifs is 1. The number of β-lactam (4-membered cyclic amide) rings is 1. The number of nitrogens with zero attached hydrogens (tertiary/aromatic N) is 4. The average Bonchev–Trinajstić information content (AvgIpc) is 3.72. The van der Waals surface area contributed by atoms with Gasteiger partial charge in [-0.05, 0) is 42.0 Å². The van der Waals surface area contributed by atoms with Crippen LogP contribution in [0.2, 0.25) is 10.0 Å². The number of hydrogen-bond acceptors (Lipinski definition) is 10. The number of nitrogens with two attached hydrogens (primary N) is 1. The van der Waals surface area contributed by atoms with E-state index in [0.717, 1.165) is 0 Å². The molecule has 0 unspecified atom stereocenters. The molecule has 2 aliphatic heterocycles. The fraction of sp³-hybridized carbons (Fsp3) is 0.192. The Labute approximate surface area is 256 Å². The summed E-state index contributed by atoms with van der Waals surface area (Å²) in [5, 5.41) is 21.5. The first-order valence-corrected chi connectivity index (χ1v) is 15.1. The van der Waals surface area contributed by atoms with Crippen LogP contribution in [0.4, 0.5) is 0 Å². The lowest BCUT2D eigenvalue weighted by molar-refractivity contribution is -0.150. The van der Waals surface area contributed by atoms with Gasteiger partial charge in [-0.15, -0.1) is 22.0 Å².